The lowest BCUT2D eigenvalue weighted by Crippen LogP contribution is -2.42. The molecular weight excluding hydrogens is 432 g/mol. The molecule has 0 bridgehead atoms. The number of benzene rings is 3. The highest BCUT2D eigenvalue weighted by Crippen LogP contribution is 2.36. The van der Waals surface area contributed by atoms with E-state index in [1.165, 1.54) is 9.87 Å². The van der Waals surface area contributed by atoms with Gasteiger partial charge in [-0.1, -0.05) is 73.2 Å². The van der Waals surface area contributed by atoms with E-state index < -0.39 is 16.1 Å². The maximum Gasteiger partial charge on any atom is 0.243 e. The molecule has 1 heterocycles. The number of fused-ring (bicyclic) bond motifs is 1. The number of sulfonamides is 1. The van der Waals surface area contributed by atoms with E-state index in [1.54, 1.807) is 24.3 Å². The topological polar surface area (TPSA) is 66.5 Å². The third-order valence-electron chi connectivity index (χ3n) is 6.29. The summed E-state index contributed by atoms with van der Waals surface area (Å²) in [5.41, 5.74) is 5.28. The first-order valence-electron chi connectivity index (χ1n) is 11.4. The van der Waals surface area contributed by atoms with Crippen molar-refractivity contribution in [2.24, 2.45) is 0 Å². The summed E-state index contributed by atoms with van der Waals surface area (Å²) in [5, 5.41) is 2.97. The first-order chi connectivity index (χ1) is 15.9. The van der Waals surface area contributed by atoms with Gasteiger partial charge >= 0.3 is 0 Å². The molecule has 4 rings (SSSR count). The Labute approximate surface area is 196 Å². The average Bonchev–Trinajstić information content (AvgIpc) is 2.83. The Bertz CT molecular complexity index is 1220. The SMILES string of the molecule is CCc1ccc(CNC(=O)C[C@H]2c3ccccc3CCN2S(=O)(=O)c2ccc(C)cc2)cc1. The third-order valence-corrected chi connectivity index (χ3v) is 8.21. The van der Waals surface area contributed by atoms with Crippen LogP contribution >= 0.6 is 0 Å². The standard InChI is InChI=1S/C27H30N2O3S/c1-3-21-10-12-22(13-11-21)19-28-27(30)18-26-25-7-5-4-6-23(25)16-17-29(26)33(31,32)24-14-8-20(2)9-15-24/h4-15,26H,3,16-19H2,1-2H3,(H,28,30)/t26-/m0/s1. The monoisotopic (exact) mass is 462 g/mol. The second-order valence-corrected chi connectivity index (χ2v) is 10.4. The lowest BCUT2D eigenvalue weighted by molar-refractivity contribution is -0.122. The quantitative estimate of drug-likeness (QED) is 0.560. The number of nitrogens with zero attached hydrogens (tertiary/aromatic N) is 1. The number of carbonyl (C=O) groups is 1. The van der Waals surface area contributed by atoms with Crippen molar-refractivity contribution in [2.75, 3.05) is 6.54 Å². The number of amides is 1. The van der Waals surface area contributed by atoms with Gasteiger partial charge in [0.25, 0.3) is 0 Å². The first-order valence-corrected chi connectivity index (χ1v) is 12.8. The predicted molar refractivity (Wildman–Crippen MR) is 130 cm³/mol. The van der Waals surface area contributed by atoms with E-state index in [0.717, 1.165) is 28.7 Å². The van der Waals surface area contributed by atoms with Crippen LogP contribution in [0.15, 0.2) is 77.7 Å². The van der Waals surface area contributed by atoms with Crippen molar-refractivity contribution >= 4 is 15.9 Å². The molecule has 0 unspecified atom stereocenters. The van der Waals surface area contributed by atoms with Crippen LogP contribution < -0.4 is 5.32 Å². The van der Waals surface area contributed by atoms with Crippen molar-refractivity contribution in [2.45, 2.75) is 50.6 Å². The molecule has 5 nitrogen and oxygen atoms in total. The van der Waals surface area contributed by atoms with Gasteiger partial charge in [0.15, 0.2) is 0 Å². The van der Waals surface area contributed by atoms with E-state index in [2.05, 4.69) is 24.4 Å². The van der Waals surface area contributed by atoms with Gasteiger partial charge in [0.05, 0.1) is 10.9 Å². The number of hydrogen-bond acceptors (Lipinski definition) is 3. The largest absolute Gasteiger partial charge is 0.352 e. The van der Waals surface area contributed by atoms with Gasteiger partial charge in [-0.15, -0.1) is 0 Å². The Morgan fingerprint density at radius 1 is 0.970 bits per heavy atom. The van der Waals surface area contributed by atoms with E-state index >= 15 is 0 Å². The maximum absolute atomic E-state index is 13.5. The van der Waals surface area contributed by atoms with Crippen LogP contribution in [0.4, 0.5) is 0 Å². The Morgan fingerprint density at radius 3 is 2.33 bits per heavy atom. The molecule has 3 aromatic carbocycles. The molecule has 33 heavy (non-hydrogen) atoms. The highest BCUT2D eigenvalue weighted by molar-refractivity contribution is 7.89. The fourth-order valence-electron chi connectivity index (χ4n) is 4.31. The van der Waals surface area contributed by atoms with Gasteiger partial charge in [-0.2, -0.15) is 4.31 Å². The van der Waals surface area contributed by atoms with Crippen molar-refractivity contribution in [1.82, 2.24) is 9.62 Å². The second kappa shape index (κ2) is 9.89. The minimum atomic E-state index is -3.74. The van der Waals surface area contributed by atoms with Crippen LogP contribution in [0.3, 0.4) is 0 Å². The lowest BCUT2D eigenvalue weighted by Gasteiger charge is -2.36. The van der Waals surface area contributed by atoms with Crippen LogP contribution in [-0.4, -0.2) is 25.2 Å². The fraction of sp³-hybridized carbons (Fsp3) is 0.296. The Balaban J connectivity index is 1.56. The van der Waals surface area contributed by atoms with Gasteiger partial charge in [0.2, 0.25) is 15.9 Å². The van der Waals surface area contributed by atoms with Crippen LogP contribution in [0.25, 0.3) is 0 Å². The molecule has 3 aromatic rings. The summed E-state index contributed by atoms with van der Waals surface area (Å²) in [6.45, 7) is 4.80. The van der Waals surface area contributed by atoms with E-state index in [0.29, 0.717) is 19.5 Å². The highest BCUT2D eigenvalue weighted by atomic mass is 32.2. The minimum absolute atomic E-state index is 0.0785. The summed E-state index contributed by atoms with van der Waals surface area (Å²) in [6, 6.07) is 22.3. The van der Waals surface area contributed by atoms with E-state index in [9.17, 15) is 13.2 Å². The smallest absolute Gasteiger partial charge is 0.243 e. The second-order valence-electron chi connectivity index (χ2n) is 8.54. The molecule has 0 saturated heterocycles. The fourth-order valence-corrected chi connectivity index (χ4v) is 5.92. The first kappa shape index (κ1) is 23.2. The number of nitrogens with one attached hydrogen (secondary N) is 1. The minimum Gasteiger partial charge on any atom is -0.352 e. The van der Waals surface area contributed by atoms with Gasteiger partial charge in [-0.05, 0) is 54.2 Å². The number of hydrogen-bond donors (Lipinski definition) is 1. The maximum atomic E-state index is 13.5. The molecule has 1 aliphatic rings. The molecule has 1 aliphatic heterocycles. The van der Waals surface area contributed by atoms with Crippen LogP contribution in [0, 0.1) is 6.92 Å². The summed E-state index contributed by atoms with van der Waals surface area (Å²) in [5.74, 6) is -0.166. The molecule has 172 valence electrons. The highest BCUT2D eigenvalue weighted by Gasteiger charge is 2.37. The van der Waals surface area contributed by atoms with Crippen molar-refractivity contribution < 1.29 is 13.2 Å². The number of aryl methyl sites for hydroxylation is 2. The Morgan fingerprint density at radius 2 is 1.64 bits per heavy atom. The number of carbonyl (C=O) groups excluding carboxylic acids is 1. The zero-order valence-electron chi connectivity index (χ0n) is 19.1. The van der Waals surface area contributed by atoms with E-state index in [4.69, 9.17) is 0 Å². The van der Waals surface area contributed by atoms with Gasteiger partial charge in [-0.25, -0.2) is 8.42 Å². The van der Waals surface area contributed by atoms with Crippen LogP contribution in [-0.2, 0) is 34.2 Å². The molecule has 6 heteroatoms. The molecule has 0 aliphatic carbocycles. The average molecular weight is 463 g/mol. The van der Waals surface area contributed by atoms with Crippen LogP contribution in [0.1, 0.15) is 47.2 Å². The normalized spacial score (nSPS) is 16.2. The van der Waals surface area contributed by atoms with Crippen molar-refractivity contribution in [3.8, 4) is 0 Å². The third kappa shape index (κ3) is 5.18. The van der Waals surface area contributed by atoms with E-state index in [1.807, 2.05) is 43.3 Å². The Hall–Kier alpha value is -2.96. The summed E-state index contributed by atoms with van der Waals surface area (Å²) in [6.07, 6.45) is 1.68. The van der Waals surface area contributed by atoms with Gasteiger partial charge < -0.3 is 5.32 Å². The molecular formula is C27H30N2O3S. The molecule has 0 saturated carbocycles. The molecule has 0 aromatic heterocycles. The summed E-state index contributed by atoms with van der Waals surface area (Å²) in [4.78, 5) is 13.2. The van der Waals surface area contributed by atoms with Gasteiger partial charge in [0.1, 0.15) is 0 Å². The summed E-state index contributed by atoms with van der Waals surface area (Å²) in [7, 11) is -3.74. The lowest BCUT2D eigenvalue weighted by atomic mass is 9.92. The summed E-state index contributed by atoms with van der Waals surface area (Å²) >= 11 is 0. The van der Waals surface area contributed by atoms with Gasteiger partial charge in [0, 0.05) is 19.5 Å². The van der Waals surface area contributed by atoms with Crippen molar-refractivity contribution in [3.05, 3.63) is 101 Å². The van der Waals surface area contributed by atoms with Crippen molar-refractivity contribution in [1.29, 1.82) is 0 Å². The molecule has 0 spiro atoms. The Kier molecular flexibility index (Phi) is 6.96. The molecule has 1 N–H and O–H groups in total. The zero-order valence-corrected chi connectivity index (χ0v) is 19.9. The van der Waals surface area contributed by atoms with Crippen LogP contribution in [0.2, 0.25) is 0 Å². The molecule has 0 fully saturated rings. The zero-order chi connectivity index (χ0) is 23.4. The number of rotatable bonds is 7. The molecule has 1 atom stereocenters. The molecule has 1 amide bonds. The van der Waals surface area contributed by atoms with Crippen LogP contribution in [0.5, 0.6) is 0 Å². The summed E-state index contributed by atoms with van der Waals surface area (Å²) < 4.78 is 28.6. The van der Waals surface area contributed by atoms with E-state index in [-0.39, 0.29) is 17.2 Å². The molecule has 0 radical (unpaired) electrons. The predicted octanol–water partition coefficient (Wildman–Crippen LogP) is 4.55. The van der Waals surface area contributed by atoms with Crippen molar-refractivity contribution in [3.63, 3.8) is 0 Å². The van der Waals surface area contributed by atoms with Gasteiger partial charge in [-0.3, -0.25) is 4.79 Å².